The van der Waals surface area contributed by atoms with Crippen molar-refractivity contribution in [1.29, 1.82) is 0 Å². The zero-order valence-electron chi connectivity index (χ0n) is 12.7. The third-order valence-electron chi connectivity index (χ3n) is 2.97. The molecule has 0 unspecified atom stereocenters. The summed E-state index contributed by atoms with van der Waals surface area (Å²) in [7, 11) is 0. The highest BCUT2D eigenvalue weighted by atomic mass is 35.5. The van der Waals surface area contributed by atoms with Crippen LogP contribution in [0.4, 0.5) is 0 Å². The first-order chi connectivity index (χ1) is 10.3. The molecule has 0 spiro atoms. The SMILES string of the molecule is CC(C)(C)OC(=O)c1ccc(-c2ccc(Cl)cc2C=O)cc1. The van der Waals surface area contributed by atoms with Gasteiger partial charge in [0.15, 0.2) is 6.29 Å². The van der Waals surface area contributed by atoms with Crippen LogP contribution in [0.3, 0.4) is 0 Å². The molecule has 2 aromatic carbocycles. The molecule has 0 amide bonds. The predicted molar refractivity (Wildman–Crippen MR) is 87.4 cm³/mol. The summed E-state index contributed by atoms with van der Waals surface area (Å²) >= 11 is 5.89. The molecule has 0 N–H and O–H groups in total. The lowest BCUT2D eigenvalue weighted by molar-refractivity contribution is 0.00695. The molecule has 4 heteroatoms. The van der Waals surface area contributed by atoms with Crippen LogP contribution in [0.2, 0.25) is 5.02 Å². The monoisotopic (exact) mass is 316 g/mol. The second-order valence-electron chi connectivity index (χ2n) is 5.93. The van der Waals surface area contributed by atoms with Gasteiger partial charge in [-0.1, -0.05) is 29.8 Å². The molecule has 0 aliphatic heterocycles. The molecule has 0 saturated heterocycles. The summed E-state index contributed by atoms with van der Waals surface area (Å²) in [6.07, 6.45) is 0.767. The van der Waals surface area contributed by atoms with Crippen LogP contribution >= 0.6 is 11.6 Å². The fourth-order valence-electron chi connectivity index (χ4n) is 2.02. The highest BCUT2D eigenvalue weighted by molar-refractivity contribution is 6.31. The Bertz CT molecular complexity index is 697. The minimum absolute atomic E-state index is 0.370. The Balaban J connectivity index is 2.30. The van der Waals surface area contributed by atoms with Crippen LogP contribution in [0.1, 0.15) is 41.5 Å². The summed E-state index contributed by atoms with van der Waals surface area (Å²) in [5.74, 6) is -0.370. The molecule has 0 aliphatic rings. The highest BCUT2D eigenvalue weighted by Gasteiger charge is 2.17. The third-order valence-corrected chi connectivity index (χ3v) is 3.21. The van der Waals surface area contributed by atoms with Crippen LogP contribution in [0.5, 0.6) is 0 Å². The van der Waals surface area contributed by atoms with E-state index >= 15 is 0 Å². The number of aldehydes is 1. The lowest BCUT2D eigenvalue weighted by Gasteiger charge is -2.19. The maximum absolute atomic E-state index is 12.0. The van der Waals surface area contributed by atoms with Crippen molar-refractivity contribution in [3.63, 3.8) is 0 Å². The van der Waals surface area contributed by atoms with Crippen molar-refractivity contribution in [2.75, 3.05) is 0 Å². The average Bonchev–Trinajstić information content (AvgIpc) is 2.45. The summed E-state index contributed by atoms with van der Waals surface area (Å²) in [6.45, 7) is 5.47. The summed E-state index contributed by atoms with van der Waals surface area (Å²) < 4.78 is 5.32. The molecule has 22 heavy (non-hydrogen) atoms. The fourth-order valence-corrected chi connectivity index (χ4v) is 2.20. The van der Waals surface area contributed by atoms with E-state index in [1.807, 2.05) is 20.8 Å². The molecule has 2 aromatic rings. The number of rotatable bonds is 3. The van der Waals surface area contributed by atoms with Gasteiger partial charge in [0.1, 0.15) is 5.60 Å². The second kappa shape index (κ2) is 6.32. The lowest BCUT2D eigenvalue weighted by Crippen LogP contribution is -2.23. The Kier molecular flexibility index (Phi) is 4.67. The predicted octanol–water partition coefficient (Wildman–Crippen LogP) is 4.77. The molecule has 0 radical (unpaired) electrons. The Morgan fingerprint density at radius 1 is 1.09 bits per heavy atom. The normalized spacial score (nSPS) is 11.1. The lowest BCUT2D eigenvalue weighted by atomic mass is 9.99. The highest BCUT2D eigenvalue weighted by Crippen LogP contribution is 2.26. The van der Waals surface area contributed by atoms with E-state index in [4.69, 9.17) is 16.3 Å². The number of hydrogen-bond donors (Lipinski definition) is 0. The zero-order valence-corrected chi connectivity index (χ0v) is 13.5. The zero-order chi connectivity index (χ0) is 16.3. The topological polar surface area (TPSA) is 43.4 Å². The van der Waals surface area contributed by atoms with Gasteiger partial charge in [-0.3, -0.25) is 4.79 Å². The molecule has 0 atom stereocenters. The van der Waals surface area contributed by atoms with Crippen LogP contribution < -0.4 is 0 Å². The standard InChI is InChI=1S/C18H17ClO3/c1-18(2,3)22-17(21)13-6-4-12(5-7-13)16-9-8-15(19)10-14(16)11-20/h4-11H,1-3H3. The number of ether oxygens (including phenoxy) is 1. The minimum atomic E-state index is -0.531. The van der Waals surface area contributed by atoms with Crippen molar-refractivity contribution in [3.05, 3.63) is 58.6 Å². The van der Waals surface area contributed by atoms with Gasteiger partial charge in [-0.05, 0) is 56.2 Å². The van der Waals surface area contributed by atoms with Crippen molar-refractivity contribution in [2.24, 2.45) is 0 Å². The fraction of sp³-hybridized carbons (Fsp3) is 0.222. The number of carbonyl (C=O) groups excluding carboxylic acids is 2. The third kappa shape index (κ3) is 3.95. The summed E-state index contributed by atoms with van der Waals surface area (Å²) in [6, 6.07) is 12.1. The van der Waals surface area contributed by atoms with Crippen molar-refractivity contribution in [3.8, 4) is 11.1 Å². The molecule has 0 heterocycles. The molecule has 0 fully saturated rings. The van der Waals surface area contributed by atoms with Crippen LogP contribution in [-0.4, -0.2) is 17.9 Å². The van der Waals surface area contributed by atoms with E-state index in [2.05, 4.69) is 0 Å². The Morgan fingerprint density at radius 2 is 1.73 bits per heavy atom. The quantitative estimate of drug-likeness (QED) is 0.605. The van der Waals surface area contributed by atoms with Gasteiger partial charge in [-0.15, -0.1) is 0 Å². The van der Waals surface area contributed by atoms with Gasteiger partial charge in [0.25, 0.3) is 0 Å². The van der Waals surface area contributed by atoms with Gasteiger partial charge in [-0.25, -0.2) is 4.79 Å². The smallest absolute Gasteiger partial charge is 0.338 e. The van der Waals surface area contributed by atoms with Crippen LogP contribution in [0.15, 0.2) is 42.5 Å². The molecular formula is C18H17ClO3. The van der Waals surface area contributed by atoms with Crippen molar-refractivity contribution < 1.29 is 14.3 Å². The molecule has 114 valence electrons. The van der Waals surface area contributed by atoms with Crippen molar-refractivity contribution in [1.82, 2.24) is 0 Å². The van der Waals surface area contributed by atoms with E-state index in [-0.39, 0.29) is 5.97 Å². The largest absolute Gasteiger partial charge is 0.456 e. The molecule has 0 aromatic heterocycles. The Morgan fingerprint density at radius 3 is 2.27 bits per heavy atom. The van der Waals surface area contributed by atoms with Gasteiger partial charge < -0.3 is 4.74 Å². The number of esters is 1. The van der Waals surface area contributed by atoms with E-state index < -0.39 is 5.60 Å². The molecule has 0 saturated carbocycles. The number of hydrogen-bond acceptors (Lipinski definition) is 3. The molecule has 3 nitrogen and oxygen atoms in total. The molecule has 2 rings (SSSR count). The summed E-state index contributed by atoms with van der Waals surface area (Å²) in [5, 5.41) is 0.510. The van der Waals surface area contributed by atoms with Crippen molar-refractivity contribution >= 4 is 23.9 Å². The average molecular weight is 317 g/mol. The van der Waals surface area contributed by atoms with E-state index in [0.717, 1.165) is 17.4 Å². The van der Waals surface area contributed by atoms with Gasteiger partial charge in [0.2, 0.25) is 0 Å². The summed E-state index contributed by atoms with van der Waals surface area (Å²) in [5.41, 5.74) is 2.07. The summed E-state index contributed by atoms with van der Waals surface area (Å²) in [4.78, 5) is 23.1. The molecule has 0 bridgehead atoms. The molecular weight excluding hydrogens is 300 g/mol. The van der Waals surface area contributed by atoms with E-state index in [1.165, 1.54) is 0 Å². The minimum Gasteiger partial charge on any atom is -0.456 e. The first kappa shape index (κ1) is 16.2. The number of halogens is 1. The number of carbonyl (C=O) groups is 2. The maximum atomic E-state index is 12.0. The van der Waals surface area contributed by atoms with Gasteiger partial charge in [-0.2, -0.15) is 0 Å². The first-order valence-corrected chi connectivity index (χ1v) is 7.26. The van der Waals surface area contributed by atoms with Gasteiger partial charge in [0.05, 0.1) is 5.56 Å². The van der Waals surface area contributed by atoms with Gasteiger partial charge >= 0.3 is 5.97 Å². The van der Waals surface area contributed by atoms with E-state index in [0.29, 0.717) is 16.1 Å². The van der Waals surface area contributed by atoms with Crippen LogP contribution in [0, 0.1) is 0 Å². The first-order valence-electron chi connectivity index (χ1n) is 6.89. The maximum Gasteiger partial charge on any atom is 0.338 e. The van der Waals surface area contributed by atoms with E-state index in [1.54, 1.807) is 42.5 Å². The van der Waals surface area contributed by atoms with Crippen molar-refractivity contribution in [2.45, 2.75) is 26.4 Å². The van der Waals surface area contributed by atoms with E-state index in [9.17, 15) is 9.59 Å². The number of benzene rings is 2. The second-order valence-corrected chi connectivity index (χ2v) is 6.37. The Hall–Kier alpha value is -2.13. The van der Waals surface area contributed by atoms with Crippen LogP contribution in [0.25, 0.3) is 11.1 Å². The Labute approximate surface area is 134 Å². The van der Waals surface area contributed by atoms with Gasteiger partial charge in [0, 0.05) is 10.6 Å². The molecule has 0 aliphatic carbocycles. The van der Waals surface area contributed by atoms with Crippen LogP contribution in [-0.2, 0) is 4.74 Å².